The van der Waals surface area contributed by atoms with Crippen molar-refractivity contribution in [2.24, 2.45) is 7.05 Å². The third kappa shape index (κ3) is 3.43. The van der Waals surface area contributed by atoms with Crippen LogP contribution in [0.3, 0.4) is 0 Å². The summed E-state index contributed by atoms with van der Waals surface area (Å²) >= 11 is 1.52. The van der Waals surface area contributed by atoms with E-state index in [1.807, 2.05) is 37.4 Å². The van der Waals surface area contributed by atoms with Crippen molar-refractivity contribution in [3.05, 3.63) is 77.4 Å². The van der Waals surface area contributed by atoms with Gasteiger partial charge < -0.3 is 9.67 Å². The maximum Gasteiger partial charge on any atom is 0.191 e. The Morgan fingerprint density at radius 2 is 1.70 bits per heavy atom. The summed E-state index contributed by atoms with van der Waals surface area (Å²) in [6.45, 7) is -0.156. The van der Waals surface area contributed by atoms with Crippen LogP contribution < -0.4 is 0 Å². The summed E-state index contributed by atoms with van der Waals surface area (Å²) < 4.78 is 15.0. The van der Waals surface area contributed by atoms with Gasteiger partial charge in [0.05, 0.1) is 5.25 Å². The summed E-state index contributed by atoms with van der Waals surface area (Å²) in [6.07, 6.45) is 0. The van der Waals surface area contributed by atoms with Crippen LogP contribution >= 0.6 is 11.8 Å². The molecule has 4 nitrogen and oxygen atoms in total. The van der Waals surface area contributed by atoms with Crippen LogP contribution in [0.15, 0.2) is 59.8 Å². The third-order valence-corrected chi connectivity index (χ3v) is 4.91. The summed E-state index contributed by atoms with van der Waals surface area (Å²) in [4.78, 5) is 0. The Balaban J connectivity index is 1.98. The second kappa shape index (κ2) is 6.93. The summed E-state index contributed by atoms with van der Waals surface area (Å²) in [7, 11) is 1.82. The van der Waals surface area contributed by atoms with Crippen molar-refractivity contribution in [1.82, 2.24) is 14.8 Å². The van der Waals surface area contributed by atoms with E-state index < -0.39 is 0 Å². The molecule has 6 heteroatoms. The lowest BCUT2D eigenvalue weighted by Crippen LogP contribution is -2.02. The van der Waals surface area contributed by atoms with Gasteiger partial charge in [-0.05, 0) is 23.3 Å². The highest BCUT2D eigenvalue weighted by Crippen LogP contribution is 2.39. The summed E-state index contributed by atoms with van der Waals surface area (Å²) in [5, 5.41) is 18.0. The van der Waals surface area contributed by atoms with E-state index in [1.165, 1.54) is 23.9 Å². The number of aliphatic hydroxyl groups is 1. The first-order valence-electron chi connectivity index (χ1n) is 7.15. The number of hydrogen-bond acceptors (Lipinski definition) is 4. The van der Waals surface area contributed by atoms with Crippen molar-refractivity contribution in [3.63, 3.8) is 0 Å². The SMILES string of the molecule is Cn1c(CO)nnc1SC(c1ccccc1)c1ccc(F)cc1. The summed E-state index contributed by atoms with van der Waals surface area (Å²) in [6, 6.07) is 16.5. The van der Waals surface area contributed by atoms with Crippen molar-refractivity contribution in [2.75, 3.05) is 0 Å². The molecule has 1 aromatic heterocycles. The van der Waals surface area contributed by atoms with E-state index in [0.717, 1.165) is 11.1 Å². The minimum Gasteiger partial charge on any atom is -0.388 e. The molecule has 0 aliphatic heterocycles. The van der Waals surface area contributed by atoms with Gasteiger partial charge in [-0.3, -0.25) is 0 Å². The van der Waals surface area contributed by atoms with Crippen LogP contribution in [0.1, 0.15) is 22.2 Å². The average molecular weight is 329 g/mol. The van der Waals surface area contributed by atoms with Crippen molar-refractivity contribution in [1.29, 1.82) is 0 Å². The molecule has 2 aromatic carbocycles. The van der Waals surface area contributed by atoms with Crippen LogP contribution in [0, 0.1) is 5.82 Å². The van der Waals surface area contributed by atoms with Crippen molar-refractivity contribution >= 4 is 11.8 Å². The van der Waals surface area contributed by atoms with E-state index in [1.54, 1.807) is 16.7 Å². The number of halogens is 1. The molecule has 0 amide bonds. The van der Waals surface area contributed by atoms with Crippen LogP contribution in [0.4, 0.5) is 4.39 Å². The molecule has 0 aliphatic carbocycles. The van der Waals surface area contributed by atoms with E-state index >= 15 is 0 Å². The number of aliphatic hydroxyl groups excluding tert-OH is 1. The van der Waals surface area contributed by atoms with Crippen molar-refractivity contribution in [2.45, 2.75) is 17.0 Å². The van der Waals surface area contributed by atoms with E-state index in [4.69, 9.17) is 0 Å². The zero-order valence-corrected chi connectivity index (χ0v) is 13.4. The molecule has 1 unspecified atom stereocenters. The molecule has 0 spiro atoms. The maximum absolute atomic E-state index is 13.2. The van der Waals surface area contributed by atoms with Crippen molar-refractivity contribution < 1.29 is 9.50 Å². The van der Waals surface area contributed by atoms with E-state index in [0.29, 0.717) is 11.0 Å². The summed E-state index contributed by atoms with van der Waals surface area (Å²) in [5.41, 5.74) is 2.08. The molecular formula is C17H16FN3OS. The molecule has 3 rings (SSSR count). The Labute approximate surface area is 138 Å². The van der Waals surface area contributed by atoms with Gasteiger partial charge in [-0.25, -0.2) is 4.39 Å². The number of hydrogen-bond donors (Lipinski definition) is 1. The molecule has 0 bridgehead atoms. The molecule has 1 atom stereocenters. The van der Waals surface area contributed by atoms with Gasteiger partial charge in [0, 0.05) is 7.05 Å². The lowest BCUT2D eigenvalue weighted by Gasteiger charge is -2.17. The van der Waals surface area contributed by atoms with Gasteiger partial charge in [-0.2, -0.15) is 0 Å². The zero-order chi connectivity index (χ0) is 16.2. The normalized spacial score (nSPS) is 12.3. The largest absolute Gasteiger partial charge is 0.388 e. The minimum atomic E-state index is -0.258. The quantitative estimate of drug-likeness (QED) is 0.730. The summed E-state index contributed by atoms with van der Waals surface area (Å²) in [5.74, 6) is 0.255. The number of thioether (sulfide) groups is 1. The van der Waals surface area contributed by atoms with Crippen LogP contribution in [0.25, 0.3) is 0 Å². The number of benzene rings is 2. The number of nitrogens with zero attached hydrogens (tertiary/aromatic N) is 3. The van der Waals surface area contributed by atoms with Gasteiger partial charge in [0.15, 0.2) is 11.0 Å². The second-order valence-electron chi connectivity index (χ2n) is 5.08. The molecule has 23 heavy (non-hydrogen) atoms. The van der Waals surface area contributed by atoms with Gasteiger partial charge >= 0.3 is 0 Å². The Kier molecular flexibility index (Phi) is 4.73. The molecular weight excluding hydrogens is 313 g/mol. The first-order chi connectivity index (χ1) is 11.2. The molecule has 1 heterocycles. The van der Waals surface area contributed by atoms with E-state index in [2.05, 4.69) is 10.2 Å². The fourth-order valence-electron chi connectivity index (χ4n) is 2.28. The lowest BCUT2D eigenvalue weighted by molar-refractivity contribution is 0.266. The monoisotopic (exact) mass is 329 g/mol. The third-order valence-electron chi connectivity index (χ3n) is 3.56. The predicted octanol–water partition coefficient (Wildman–Crippen LogP) is 3.33. The van der Waals surface area contributed by atoms with Gasteiger partial charge in [0.25, 0.3) is 0 Å². The highest BCUT2D eigenvalue weighted by Gasteiger charge is 2.19. The molecule has 3 aromatic rings. The topological polar surface area (TPSA) is 50.9 Å². The Bertz CT molecular complexity index is 774. The Morgan fingerprint density at radius 3 is 2.30 bits per heavy atom. The van der Waals surface area contributed by atoms with Crippen molar-refractivity contribution in [3.8, 4) is 0 Å². The zero-order valence-electron chi connectivity index (χ0n) is 12.6. The first-order valence-corrected chi connectivity index (χ1v) is 8.03. The van der Waals surface area contributed by atoms with Gasteiger partial charge in [0.2, 0.25) is 0 Å². The standard InChI is InChI=1S/C17H16FN3OS/c1-21-15(11-22)19-20-17(21)23-16(12-5-3-2-4-6-12)13-7-9-14(18)10-8-13/h2-10,16,22H,11H2,1H3. The second-order valence-corrected chi connectivity index (χ2v) is 6.15. The van der Waals surface area contributed by atoms with Gasteiger partial charge in [-0.1, -0.05) is 54.2 Å². The van der Waals surface area contributed by atoms with Gasteiger partial charge in [0.1, 0.15) is 12.4 Å². The fourth-order valence-corrected chi connectivity index (χ4v) is 3.43. The number of rotatable bonds is 5. The van der Waals surface area contributed by atoms with Crippen LogP contribution in [-0.2, 0) is 13.7 Å². The fraction of sp³-hybridized carbons (Fsp3) is 0.176. The predicted molar refractivity (Wildman–Crippen MR) is 87.5 cm³/mol. The number of aromatic nitrogens is 3. The highest BCUT2D eigenvalue weighted by molar-refractivity contribution is 7.99. The molecule has 0 fully saturated rings. The Hall–Kier alpha value is -2.18. The first kappa shape index (κ1) is 15.7. The molecule has 0 saturated heterocycles. The molecule has 0 aliphatic rings. The lowest BCUT2D eigenvalue weighted by atomic mass is 10.0. The van der Waals surface area contributed by atoms with E-state index in [-0.39, 0.29) is 17.7 Å². The van der Waals surface area contributed by atoms with Crippen LogP contribution in [-0.4, -0.2) is 19.9 Å². The highest BCUT2D eigenvalue weighted by atomic mass is 32.2. The maximum atomic E-state index is 13.2. The smallest absolute Gasteiger partial charge is 0.191 e. The molecule has 0 saturated carbocycles. The minimum absolute atomic E-state index is 0.0359. The van der Waals surface area contributed by atoms with Gasteiger partial charge in [-0.15, -0.1) is 10.2 Å². The van der Waals surface area contributed by atoms with Crippen LogP contribution in [0.5, 0.6) is 0 Å². The van der Waals surface area contributed by atoms with Crippen LogP contribution in [0.2, 0.25) is 0 Å². The molecule has 0 radical (unpaired) electrons. The van der Waals surface area contributed by atoms with E-state index in [9.17, 15) is 9.50 Å². The molecule has 1 N–H and O–H groups in total. The average Bonchev–Trinajstić information content (AvgIpc) is 2.94. The Morgan fingerprint density at radius 1 is 1.04 bits per heavy atom. The molecule has 118 valence electrons.